The Morgan fingerprint density at radius 1 is 1.43 bits per heavy atom. The van der Waals surface area contributed by atoms with Gasteiger partial charge in [-0.05, 0) is 19.1 Å². The van der Waals surface area contributed by atoms with Gasteiger partial charge in [0.25, 0.3) is 5.91 Å². The smallest absolute Gasteiger partial charge is 0.265 e. The molecule has 0 aromatic carbocycles. The van der Waals surface area contributed by atoms with Gasteiger partial charge in [-0.3, -0.25) is 4.79 Å². The van der Waals surface area contributed by atoms with Crippen molar-refractivity contribution in [3.8, 4) is 0 Å². The summed E-state index contributed by atoms with van der Waals surface area (Å²) < 4.78 is 0.192. The standard InChI is InChI=1S/C14H24N4OS2/c1-18(2)13-17-11(15)10(21-13)12(19)16-9-14(20-3)7-5-4-6-8-14/h4-9,15H2,1-3H3,(H,16,19). The number of nitrogens with two attached hydrogens (primary N) is 1. The van der Waals surface area contributed by atoms with Crippen molar-refractivity contribution in [3.63, 3.8) is 0 Å². The first kappa shape index (κ1) is 16.4. The predicted octanol–water partition coefficient (Wildman–Crippen LogP) is 2.59. The number of anilines is 2. The maximum absolute atomic E-state index is 12.4. The van der Waals surface area contributed by atoms with Crippen LogP contribution in [0.25, 0.3) is 0 Å². The number of nitrogens with zero attached hydrogens (tertiary/aromatic N) is 2. The van der Waals surface area contributed by atoms with Gasteiger partial charge < -0.3 is 16.0 Å². The number of rotatable bonds is 5. The molecule has 1 aliphatic rings. The van der Waals surface area contributed by atoms with E-state index < -0.39 is 0 Å². The van der Waals surface area contributed by atoms with Gasteiger partial charge in [0.15, 0.2) is 5.13 Å². The summed E-state index contributed by atoms with van der Waals surface area (Å²) in [6.45, 7) is 0.710. The first-order valence-electron chi connectivity index (χ1n) is 7.24. The lowest BCUT2D eigenvalue weighted by Gasteiger charge is -2.35. The van der Waals surface area contributed by atoms with Crippen LogP contribution < -0.4 is 16.0 Å². The van der Waals surface area contributed by atoms with Crippen LogP contribution in [0, 0.1) is 0 Å². The minimum Gasteiger partial charge on any atom is -0.382 e. The summed E-state index contributed by atoms with van der Waals surface area (Å²) in [5.74, 6) is 0.222. The Hall–Kier alpha value is -0.950. The molecule has 1 heterocycles. The molecule has 1 fully saturated rings. The van der Waals surface area contributed by atoms with Crippen LogP contribution in [0.1, 0.15) is 41.8 Å². The monoisotopic (exact) mass is 328 g/mol. The van der Waals surface area contributed by atoms with E-state index in [-0.39, 0.29) is 10.7 Å². The molecule has 1 saturated carbocycles. The highest BCUT2D eigenvalue weighted by Gasteiger charge is 2.32. The molecule has 21 heavy (non-hydrogen) atoms. The van der Waals surface area contributed by atoms with Gasteiger partial charge in [0, 0.05) is 25.4 Å². The summed E-state index contributed by atoms with van der Waals surface area (Å²) in [4.78, 5) is 19.0. The Labute approximate surface area is 134 Å². The van der Waals surface area contributed by atoms with Crippen molar-refractivity contribution in [2.45, 2.75) is 36.9 Å². The minimum absolute atomic E-state index is 0.0999. The van der Waals surface area contributed by atoms with E-state index in [1.54, 1.807) is 0 Å². The molecular formula is C14H24N4OS2. The molecule has 118 valence electrons. The second kappa shape index (κ2) is 6.87. The fraction of sp³-hybridized carbons (Fsp3) is 0.714. The van der Waals surface area contributed by atoms with Gasteiger partial charge in [-0.2, -0.15) is 11.8 Å². The maximum Gasteiger partial charge on any atom is 0.265 e. The van der Waals surface area contributed by atoms with E-state index >= 15 is 0 Å². The molecule has 2 rings (SSSR count). The van der Waals surface area contributed by atoms with Crippen molar-refractivity contribution in [2.24, 2.45) is 0 Å². The lowest BCUT2D eigenvalue weighted by Crippen LogP contribution is -2.41. The van der Waals surface area contributed by atoms with Crippen LogP contribution in [-0.2, 0) is 0 Å². The van der Waals surface area contributed by atoms with E-state index in [0.29, 0.717) is 17.2 Å². The van der Waals surface area contributed by atoms with Crippen LogP contribution in [0.2, 0.25) is 0 Å². The Morgan fingerprint density at radius 3 is 2.62 bits per heavy atom. The molecular weight excluding hydrogens is 304 g/mol. The minimum atomic E-state index is -0.0999. The molecule has 1 aromatic heterocycles. The average Bonchev–Trinajstić information content (AvgIpc) is 2.88. The number of nitrogens with one attached hydrogen (secondary N) is 1. The largest absolute Gasteiger partial charge is 0.382 e. The lowest BCUT2D eigenvalue weighted by molar-refractivity contribution is 0.0951. The number of thiazole rings is 1. The van der Waals surface area contributed by atoms with Crippen molar-refractivity contribution >= 4 is 40.0 Å². The van der Waals surface area contributed by atoms with Crippen LogP contribution >= 0.6 is 23.1 Å². The third kappa shape index (κ3) is 3.83. The Kier molecular flexibility index (Phi) is 5.37. The van der Waals surface area contributed by atoms with Crippen LogP contribution in [-0.4, -0.2) is 42.5 Å². The van der Waals surface area contributed by atoms with E-state index in [9.17, 15) is 4.79 Å². The van der Waals surface area contributed by atoms with Gasteiger partial charge in [0.05, 0.1) is 0 Å². The van der Waals surface area contributed by atoms with Crippen molar-refractivity contribution in [2.75, 3.05) is 37.5 Å². The molecule has 0 unspecified atom stereocenters. The summed E-state index contributed by atoms with van der Waals surface area (Å²) in [6.07, 6.45) is 8.31. The Bertz CT molecular complexity index is 495. The second-order valence-electron chi connectivity index (χ2n) is 5.74. The highest BCUT2D eigenvalue weighted by atomic mass is 32.2. The van der Waals surface area contributed by atoms with Crippen LogP contribution in [0.4, 0.5) is 10.9 Å². The molecule has 5 nitrogen and oxygen atoms in total. The number of carbonyl (C=O) groups is 1. The van der Waals surface area contributed by atoms with E-state index in [1.807, 2.05) is 30.8 Å². The van der Waals surface area contributed by atoms with Gasteiger partial charge >= 0.3 is 0 Å². The number of hydrogen-bond acceptors (Lipinski definition) is 6. The maximum atomic E-state index is 12.4. The van der Waals surface area contributed by atoms with Gasteiger partial charge in [-0.1, -0.05) is 30.6 Å². The lowest BCUT2D eigenvalue weighted by atomic mass is 9.88. The molecule has 0 aliphatic heterocycles. The van der Waals surface area contributed by atoms with E-state index in [0.717, 1.165) is 5.13 Å². The van der Waals surface area contributed by atoms with Crippen LogP contribution in [0.5, 0.6) is 0 Å². The first-order chi connectivity index (χ1) is 9.97. The molecule has 0 atom stereocenters. The quantitative estimate of drug-likeness (QED) is 0.869. The third-order valence-corrected chi connectivity index (χ3v) is 6.66. The van der Waals surface area contributed by atoms with E-state index in [1.165, 1.54) is 43.4 Å². The average molecular weight is 329 g/mol. The molecule has 3 N–H and O–H groups in total. The molecule has 1 amide bonds. The highest BCUT2D eigenvalue weighted by molar-refractivity contribution is 8.00. The summed E-state index contributed by atoms with van der Waals surface area (Å²) in [7, 11) is 3.79. The third-order valence-electron chi connectivity index (χ3n) is 4.00. The number of carbonyl (C=O) groups excluding carboxylic acids is 1. The fourth-order valence-electron chi connectivity index (χ4n) is 2.64. The molecule has 0 radical (unpaired) electrons. The number of hydrogen-bond donors (Lipinski definition) is 2. The second-order valence-corrected chi connectivity index (χ2v) is 7.99. The molecule has 1 aliphatic carbocycles. The van der Waals surface area contributed by atoms with Crippen molar-refractivity contribution in [1.82, 2.24) is 10.3 Å². The van der Waals surface area contributed by atoms with Crippen molar-refractivity contribution in [1.29, 1.82) is 0 Å². The van der Waals surface area contributed by atoms with E-state index in [4.69, 9.17) is 5.73 Å². The van der Waals surface area contributed by atoms with Crippen molar-refractivity contribution in [3.05, 3.63) is 4.88 Å². The van der Waals surface area contributed by atoms with Crippen LogP contribution in [0.3, 0.4) is 0 Å². The van der Waals surface area contributed by atoms with E-state index in [2.05, 4.69) is 16.6 Å². The molecule has 0 bridgehead atoms. The Morgan fingerprint density at radius 2 is 2.10 bits per heavy atom. The zero-order valence-electron chi connectivity index (χ0n) is 12.9. The van der Waals surface area contributed by atoms with Crippen LogP contribution in [0.15, 0.2) is 0 Å². The SMILES string of the molecule is CSC1(CNC(=O)c2sc(N(C)C)nc2N)CCCCC1. The predicted molar refractivity (Wildman–Crippen MR) is 92.5 cm³/mol. The topological polar surface area (TPSA) is 71.2 Å². The number of nitrogen functional groups attached to an aromatic ring is 1. The summed E-state index contributed by atoms with van der Waals surface area (Å²) in [5, 5.41) is 3.82. The van der Waals surface area contributed by atoms with Gasteiger partial charge in [0.1, 0.15) is 10.7 Å². The number of amides is 1. The number of aromatic nitrogens is 1. The summed E-state index contributed by atoms with van der Waals surface area (Å²) in [5.41, 5.74) is 5.86. The Balaban J connectivity index is 2.01. The first-order valence-corrected chi connectivity index (χ1v) is 9.28. The molecule has 0 spiro atoms. The van der Waals surface area contributed by atoms with Gasteiger partial charge in [-0.15, -0.1) is 0 Å². The molecule has 7 heteroatoms. The molecule has 1 aromatic rings. The van der Waals surface area contributed by atoms with Gasteiger partial charge in [-0.25, -0.2) is 4.98 Å². The molecule has 0 saturated heterocycles. The zero-order chi connectivity index (χ0) is 15.5. The van der Waals surface area contributed by atoms with Crippen molar-refractivity contribution < 1.29 is 4.79 Å². The van der Waals surface area contributed by atoms with Gasteiger partial charge in [0.2, 0.25) is 0 Å². The zero-order valence-corrected chi connectivity index (χ0v) is 14.6. The number of thioether (sulfide) groups is 1. The highest BCUT2D eigenvalue weighted by Crippen LogP contribution is 2.38. The normalized spacial score (nSPS) is 17.5. The summed E-state index contributed by atoms with van der Waals surface area (Å²) in [6, 6.07) is 0. The fourth-order valence-corrected chi connectivity index (χ4v) is 4.38. The summed E-state index contributed by atoms with van der Waals surface area (Å²) >= 11 is 3.22.